The minimum atomic E-state index is 0.0379. The summed E-state index contributed by atoms with van der Waals surface area (Å²) in [6.45, 7) is 3.04. The zero-order valence-corrected chi connectivity index (χ0v) is 14.8. The molecule has 0 unspecified atom stereocenters. The van der Waals surface area contributed by atoms with E-state index in [0.29, 0.717) is 18.2 Å². The van der Waals surface area contributed by atoms with Crippen molar-refractivity contribution in [2.75, 3.05) is 25.0 Å². The van der Waals surface area contributed by atoms with Crippen LogP contribution < -0.4 is 10.6 Å². The minimum Gasteiger partial charge on any atom is -0.325 e. The lowest BCUT2D eigenvalue weighted by Gasteiger charge is -2.32. The second kappa shape index (κ2) is 9.14. The standard InChI is InChI=1S/C21H24N4O/c22-14-17-5-4-6-18(13-17)15-23-19-9-11-25(12-10-19)16-21(26)24-20-7-2-1-3-8-20/h1-8,13,19,23H,9-12,15-16H2,(H,24,26). The SMILES string of the molecule is N#Cc1cccc(CNC2CCN(CC(=O)Nc3ccccc3)CC2)c1. The molecule has 0 bridgehead atoms. The fourth-order valence-corrected chi connectivity index (χ4v) is 3.23. The van der Waals surface area contributed by atoms with E-state index < -0.39 is 0 Å². The van der Waals surface area contributed by atoms with E-state index in [1.54, 1.807) is 0 Å². The average Bonchev–Trinajstić information content (AvgIpc) is 2.68. The molecule has 134 valence electrons. The normalized spacial score (nSPS) is 15.3. The van der Waals surface area contributed by atoms with Crippen molar-refractivity contribution in [3.8, 4) is 6.07 Å². The van der Waals surface area contributed by atoms with E-state index in [9.17, 15) is 4.79 Å². The van der Waals surface area contributed by atoms with E-state index in [2.05, 4.69) is 21.6 Å². The predicted molar refractivity (Wildman–Crippen MR) is 103 cm³/mol. The van der Waals surface area contributed by atoms with Crippen LogP contribution in [0.15, 0.2) is 54.6 Å². The first-order valence-corrected chi connectivity index (χ1v) is 9.02. The number of hydrogen-bond donors (Lipinski definition) is 2. The molecule has 2 aromatic carbocycles. The van der Waals surface area contributed by atoms with Crippen LogP contribution in [-0.4, -0.2) is 36.5 Å². The van der Waals surface area contributed by atoms with Crippen LogP contribution >= 0.6 is 0 Å². The number of para-hydroxylation sites is 1. The maximum atomic E-state index is 12.1. The highest BCUT2D eigenvalue weighted by Gasteiger charge is 2.20. The third kappa shape index (κ3) is 5.41. The molecule has 1 fully saturated rings. The molecule has 0 saturated carbocycles. The van der Waals surface area contributed by atoms with Crippen molar-refractivity contribution in [2.24, 2.45) is 0 Å². The Hall–Kier alpha value is -2.68. The average molecular weight is 348 g/mol. The number of hydrogen-bond acceptors (Lipinski definition) is 4. The summed E-state index contributed by atoms with van der Waals surface area (Å²) >= 11 is 0. The maximum absolute atomic E-state index is 12.1. The van der Waals surface area contributed by atoms with E-state index in [-0.39, 0.29) is 5.91 Å². The lowest BCUT2D eigenvalue weighted by atomic mass is 10.0. The molecule has 0 aliphatic carbocycles. The van der Waals surface area contributed by atoms with Gasteiger partial charge in [-0.1, -0.05) is 30.3 Å². The highest BCUT2D eigenvalue weighted by molar-refractivity contribution is 5.92. The van der Waals surface area contributed by atoms with Gasteiger partial charge in [-0.05, 0) is 42.7 Å². The molecule has 5 heteroatoms. The Labute approximate surface area is 154 Å². The molecule has 0 radical (unpaired) electrons. The number of rotatable bonds is 6. The molecule has 0 spiro atoms. The van der Waals surface area contributed by atoms with Crippen LogP contribution in [0.25, 0.3) is 0 Å². The van der Waals surface area contributed by atoms with Gasteiger partial charge >= 0.3 is 0 Å². The van der Waals surface area contributed by atoms with Crippen LogP contribution in [0.1, 0.15) is 24.0 Å². The minimum absolute atomic E-state index is 0.0379. The third-order valence-corrected chi connectivity index (χ3v) is 4.66. The van der Waals surface area contributed by atoms with Gasteiger partial charge in [0.2, 0.25) is 5.91 Å². The summed E-state index contributed by atoms with van der Waals surface area (Å²) in [5.41, 5.74) is 2.67. The van der Waals surface area contributed by atoms with Gasteiger partial charge in [-0.25, -0.2) is 0 Å². The van der Waals surface area contributed by atoms with Crippen molar-refractivity contribution in [3.05, 3.63) is 65.7 Å². The van der Waals surface area contributed by atoms with Gasteiger partial charge in [0.05, 0.1) is 18.2 Å². The first-order valence-electron chi connectivity index (χ1n) is 9.02. The summed E-state index contributed by atoms with van der Waals surface area (Å²) in [7, 11) is 0. The molecule has 1 aliphatic heterocycles. The molecular formula is C21H24N4O. The molecular weight excluding hydrogens is 324 g/mol. The van der Waals surface area contributed by atoms with Crippen LogP contribution in [0.4, 0.5) is 5.69 Å². The highest BCUT2D eigenvalue weighted by Crippen LogP contribution is 2.12. The first kappa shape index (κ1) is 18.1. The summed E-state index contributed by atoms with van der Waals surface area (Å²) in [6.07, 6.45) is 2.05. The van der Waals surface area contributed by atoms with Crippen LogP contribution in [0.5, 0.6) is 0 Å². The van der Waals surface area contributed by atoms with Gasteiger partial charge < -0.3 is 10.6 Å². The smallest absolute Gasteiger partial charge is 0.238 e. The molecule has 2 N–H and O–H groups in total. The summed E-state index contributed by atoms with van der Waals surface area (Å²) in [6, 6.07) is 19.9. The topological polar surface area (TPSA) is 68.2 Å². The van der Waals surface area contributed by atoms with E-state index in [0.717, 1.165) is 43.7 Å². The quantitative estimate of drug-likeness (QED) is 0.842. The van der Waals surface area contributed by atoms with Gasteiger partial charge in [0.15, 0.2) is 0 Å². The van der Waals surface area contributed by atoms with Crippen molar-refractivity contribution in [1.29, 1.82) is 5.26 Å². The van der Waals surface area contributed by atoms with Gasteiger partial charge in [-0.3, -0.25) is 9.69 Å². The van der Waals surface area contributed by atoms with Gasteiger partial charge in [-0.15, -0.1) is 0 Å². The zero-order valence-electron chi connectivity index (χ0n) is 14.8. The number of likely N-dealkylation sites (tertiary alicyclic amines) is 1. The Bertz CT molecular complexity index is 761. The van der Waals surface area contributed by atoms with Gasteiger partial charge in [0, 0.05) is 31.4 Å². The fourth-order valence-electron chi connectivity index (χ4n) is 3.23. The number of piperidine rings is 1. The molecule has 2 aromatic rings. The molecule has 1 heterocycles. The zero-order chi connectivity index (χ0) is 18.2. The molecule has 0 atom stereocenters. The highest BCUT2D eigenvalue weighted by atomic mass is 16.2. The molecule has 1 amide bonds. The molecule has 0 aromatic heterocycles. The van der Waals surface area contributed by atoms with E-state index in [1.165, 1.54) is 0 Å². The van der Waals surface area contributed by atoms with Crippen molar-refractivity contribution in [1.82, 2.24) is 10.2 Å². The Morgan fingerprint density at radius 1 is 1.12 bits per heavy atom. The number of benzene rings is 2. The van der Waals surface area contributed by atoms with Gasteiger partial charge in [-0.2, -0.15) is 5.26 Å². The summed E-state index contributed by atoms with van der Waals surface area (Å²) in [5.74, 6) is 0.0379. The number of nitrogens with zero attached hydrogens (tertiary/aromatic N) is 2. The van der Waals surface area contributed by atoms with Crippen LogP contribution in [0.3, 0.4) is 0 Å². The first-order chi connectivity index (χ1) is 12.7. The Morgan fingerprint density at radius 2 is 1.88 bits per heavy atom. The number of anilines is 1. The molecule has 3 rings (SSSR count). The third-order valence-electron chi connectivity index (χ3n) is 4.66. The van der Waals surface area contributed by atoms with E-state index in [4.69, 9.17) is 5.26 Å². The molecule has 26 heavy (non-hydrogen) atoms. The monoisotopic (exact) mass is 348 g/mol. The second-order valence-electron chi connectivity index (χ2n) is 6.66. The van der Waals surface area contributed by atoms with Crippen LogP contribution in [-0.2, 0) is 11.3 Å². The van der Waals surface area contributed by atoms with Crippen molar-refractivity contribution >= 4 is 11.6 Å². The van der Waals surface area contributed by atoms with Gasteiger partial charge in [0.25, 0.3) is 0 Å². The maximum Gasteiger partial charge on any atom is 0.238 e. The van der Waals surface area contributed by atoms with E-state index in [1.807, 2.05) is 54.6 Å². The fraction of sp³-hybridized carbons (Fsp3) is 0.333. The lowest BCUT2D eigenvalue weighted by molar-refractivity contribution is -0.117. The Kier molecular flexibility index (Phi) is 6.37. The molecule has 1 aliphatic rings. The number of amides is 1. The van der Waals surface area contributed by atoms with E-state index >= 15 is 0 Å². The van der Waals surface area contributed by atoms with Crippen molar-refractivity contribution in [3.63, 3.8) is 0 Å². The van der Waals surface area contributed by atoms with Crippen molar-refractivity contribution in [2.45, 2.75) is 25.4 Å². The molecule has 1 saturated heterocycles. The molecule has 5 nitrogen and oxygen atoms in total. The second-order valence-corrected chi connectivity index (χ2v) is 6.66. The number of nitrogens with one attached hydrogen (secondary N) is 2. The van der Waals surface area contributed by atoms with Crippen LogP contribution in [0.2, 0.25) is 0 Å². The van der Waals surface area contributed by atoms with Crippen molar-refractivity contribution < 1.29 is 4.79 Å². The summed E-state index contributed by atoms with van der Waals surface area (Å²) < 4.78 is 0. The van der Waals surface area contributed by atoms with Gasteiger partial charge in [0.1, 0.15) is 0 Å². The predicted octanol–water partition coefficient (Wildman–Crippen LogP) is 2.75. The number of carbonyl (C=O) groups is 1. The van der Waals surface area contributed by atoms with Crippen LogP contribution in [0, 0.1) is 11.3 Å². The number of nitriles is 1. The summed E-state index contributed by atoms with van der Waals surface area (Å²) in [4.78, 5) is 14.3. The lowest BCUT2D eigenvalue weighted by Crippen LogP contribution is -2.44. The Balaban J connectivity index is 1.38. The summed E-state index contributed by atoms with van der Waals surface area (Å²) in [5, 5.41) is 15.5. The number of carbonyl (C=O) groups excluding carboxylic acids is 1. The largest absolute Gasteiger partial charge is 0.325 e. The Morgan fingerprint density at radius 3 is 2.62 bits per heavy atom.